The molecule has 0 atom stereocenters. The van der Waals surface area contributed by atoms with Crippen LogP contribution in [0.25, 0.3) is 6.08 Å². The molecule has 0 unspecified atom stereocenters. The highest BCUT2D eigenvalue weighted by Crippen LogP contribution is 2.15. The van der Waals surface area contributed by atoms with Crippen molar-refractivity contribution >= 4 is 6.08 Å². The lowest BCUT2D eigenvalue weighted by atomic mass is 10.1. The number of hydrogen-bond donors (Lipinski definition) is 1. The summed E-state index contributed by atoms with van der Waals surface area (Å²) in [5.41, 5.74) is 2.68. The average Bonchev–Trinajstić information content (AvgIpc) is 2.40. The fourth-order valence-corrected chi connectivity index (χ4v) is 1.77. The number of nitrogens with one attached hydrogen (secondary N) is 1. The van der Waals surface area contributed by atoms with E-state index in [1.807, 2.05) is 19.1 Å². The summed E-state index contributed by atoms with van der Waals surface area (Å²) < 4.78 is 5.44. The van der Waals surface area contributed by atoms with Crippen molar-refractivity contribution in [3.63, 3.8) is 0 Å². The third-order valence-corrected chi connectivity index (χ3v) is 2.79. The van der Waals surface area contributed by atoms with Gasteiger partial charge >= 0.3 is 0 Å². The molecule has 2 heteroatoms. The summed E-state index contributed by atoms with van der Waals surface area (Å²) in [4.78, 5) is 0. The van der Waals surface area contributed by atoms with E-state index in [9.17, 15) is 0 Å². The number of ether oxygens (including phenoxy) is 1. The third-order valence-electron chi connectivity index (χ3n) is 2.79. The second kappa shape index (κ2) is 8.76. The Hall–Kier alpha value is -1.28. The van der Waals surface area contributed by atoms with Crippen molar-refractivity contribution in [2.24, 2.45) is 0 Å². The van der Waals surface area contributed by atoms with Gasteiger partial charge in [-0.3, -0.25) is 0 Å². The van der Waals surface area contributed by atoms with Crippen LogP contribution in [0.3, 0.4) is 0 Å². The molecule has 1 aromatic carbocycles. The van der Waals surface area contributed by atoms with Crippen molar-refractivity contribution in [3.05, 3.63) is 35.4 Å². The molecule has 0 aliphatic heterocycles. The normalized spacial score (nSPS) is 11.6. The van der Waals surface area contributed by atoms with Gasteiger partial charge in [-0.1, -0.05) is 37.6 Å². The summed E-state index contributed by atoms with van der Waals surface area (Å²) in [7, 11) is 0. The molecular weight excluding hydrogens is 222 g/mol. The van der Waals surface area contributed by atoms with Crippen molar-refractivity contribution in [2.75, 3.05) is 19.7 Å². The predicted molar refractivity (Wildman–Crippen MR) is 79.0 cm³/mol. The van der Waals surface area contributed by atoms with Gasteiger partial charge < -0.3 is 10.1 Å². The maximum absolute atomic E-state index is 5.44. The first-order valence-corrected chi connectivity index (χ1v) is 6.93. The van der Waals surface area contributed by atoms with Gasteiger partial charge in [-0.15, -0.1) is 0 Å². The summed E-state index contributed by atoms with van der Waals surface area (Å²) in [6.07, 6.45) is 4.53. The molecule has 1 aromatic rings. The molecule has 0 saturated carbocycles. The average molecular weight is 247 g/mol. The fourth-order valence-electron chi connectivity index (χ4n) is 1.77. The molecule has 0 saturated heterocycles. The highest BCUT2D eigenvalue weighted by molar-refractivity contribution is 5.54. The SMILES string of the molecule is CCCNCC(=Cc1ccc(OCC)cc1)CC. The zero-order valence-corrected chi connectivity index (χ0v) is 11.8. The third kappa shape index (κ3) is 5.37. The Bertz CT molecular complexity index is 354. The summed E-state index contributed by atoms with van der Waals surface area (Å²) >= 11 is 0. The summed E-state index contributed by atoms with van der Waals surface area (Å²) in [6.45, 7) is 9.18. The quantitative estimate of drug-likeness (QED) is 0.704. The number of rotatable bonds is 8. The van der Waals surface area contributed by atoms with Gasteiger partial charge in [0.2, 0.25) is 0 Å². The van der Waals surface area contributed by atoms with Crippen LogP contribution in [0.15, 0.2) is 29.8 Å². The Kier molecular flexibility index (Phi) is 7.19. The van der Waals surface area contributed by atoms with Crippen LogP contribution in [0.4, 0.5) is 0 Å². The van der Waals surface area contributed by atoms with E-state index < -0.39 is 0 Å². The summed E-state index contributed by atoms with van der Waals surface area (Å²) in [5, 5.41) is 3.45. The molecule has 0 spiro atoms. The molecule has 100 valence electrons. The fraction of sp³-hybridized carbons (Fsp3) is 0.500. The minimum absolute atomic E-state index is 0.719. The standard InChI is InChI=1S/C16H25NO/c1-4-11-17-13-14(5-2)12-15-7-9-16(10-8-15)18-6-3/h7-10,12,17H,4-6,11,13H2,1-3H3. The first kappa shape index (κ1) is 14.8. The Balaban J connectivity index is 2.60. The van der Waals surface area contributed by atoms with Gasteiger partial charge in [0.15, 0.2) is 0 Å². The molecule has 2 nitrogen and oxygen atoms in total. The van der Waals surface area contributed by atoms with E-state index in [0.29, 0.717) is 0 Å². The zero-order valence-electron chi connectivity index (χ0n) is 11.8. The smallest absolute Gasteiger partial charge is 0.119 e. The van der Waals surface area contributed by atoms with Crippen LogP contribution in [0.1, 0.15) is 39.2 Å². The van der Waals surface area contributed by atoms with E-state index in [1.54, 1.807) is 0 Å². The Morgan fingerprint density at radius 1 is 1.17 bits per heavy atom. The van der Waals surface area contributed by atoms with Gasteiger partial charge in [-0.2, -0.15) is 0 Å². The van der Waals surface area contributed by atoms with E-state index in [1.165, 1.54) is 17.6 Å². The molecule has 18 heavy (non-hydrogen) atoms. The highest BCUT2D eigenvalue weighted by atomic mass is 16.5. The molecule has 0 fully saturated rings. The minimum atomic E-state index is 0.719. The van der Waals surface area contributed by atoms with E-state index in [2.05, 4.69) is 37.4 Å². The summed E-state index contributed by atoms with van der Waals surface area (Å²) in [5.74, 6) is 0.941. The molecule has 0 aliphatic rings. The molecule has 0 aliphatic carbocycles. The Labute approximate surface area is 111 Å². The van der Waals surface area contributed by atoms with Gasteiger partial charge in [0.05, 0.1) is 6.61 Å². The van der Waals surface area contributed by atoms with Gasteiger partial charge in [-0.25, -0.2) is 0 Å². The maximum Gasteiger partial charge on any atom is 0.119 e. The Morgan fingerprint density at radius 2 is 1.89 bits per heavy atom. The van der Waals surface area contributed by atoms with Crippen molar-refractivity contribution in [1.29, 1.82) is 0 Å². The molecule has 0 heterocycles. The van der Waals surface area contributed by atoms with Crippen LogP contribution in [0.2, 0.25) is 0 Å². The van der Waals surface area contributed by atoms with Gasteiger partial charge in [0, 0.05) is 6.54 Å². The lowest BCUT2D eigenvalue weighted by molar-refractivity contribution is 0.340. The van der Waals surface area contributed by atoms with Crippen molar-refractivity contribution in [2.45, 2.75) is 33.6 Å². The molecule has 0 radical (unpaired) electrons. The van der Waals surface area contributed by atoms with Crippen LogP contribution < -0.4 is 10.1 Å². The lowest BCUT2D eigenvalue weighted by Crippen LogP contribution is -2.17. The van der Waals surface area contributed by atoms with Crippen LogP contribution in [-0.4, -0.2) is 19.7 Å². The molecular formula is C16H25NO. The Morgan fingerprint density at radius 3 is 2.44 bits per heavy atom. The predicted octanol–water partition coefficient (Wildman–Crippen LogP) is 3.88. The first-order chi connectivity index (χ1) is 8.80. The van der Waals surface area contributed by atoms with Crippen LogP contribution >= 0.6 is 0 Å². The highest BCUT2D eigenvalue weighted by Gasteiger charge is 1.96. The van der Waals surface area contributed by atoms with E-state index in [-0.39, 0.29) is 0 Å². The van der Waals surface area contributed by atoms with Gasteiger partial charge in [-0.05, 0) is 44.0 Å². The number of hydrogen-bond acceptors (Lipinski definition) is 2. The second-order valence-electron chi connectivity index (χ2n) is 4.33. The van der Waals surface area contributed by atoms with Crippen molar-refractivity contribution in [1.82, 2.24) is 5.32 Å². The molecule has 1 N–H and O–H groups in total. The lowest BCUT2D eigenvalue weighted by Gasteiger charge is -2.07. The van der Waals surface area contributed by atoms with E-state index in [0.717, 1.165) is 31.9 Å². The van der Waals surface area contributed by atoms with E-state index in [4.69, 9.17) is 4.74 Å². The number of benzene rings is 1. The molecule has 1 rings (SSSR count). The van der Waals surface area contributed by atoms with Crippen molar-refractivity contribution in [3.8, 4) is 5.75 Å². The van der Waals surface area contributed by atoms with Gasteiger partial charge in [0.25, 0.3) is 0 Å². The zero-order chi connectivity index (χ0) is 13.2. The van der Waals surface area contributed by atoms with Crippen LogP contribution in [-0.2, 0) is 0 Å². The van der Waals surface area contributed by atoms with Crippen LogP contribution in [0.5, 0.6) is 5.75 Å². The minimum Gasteiger partial charge on any atom is -0.494 e. The summed E-state index contributed by atoms with van der Waals surface area (Å²) in [6, 6.07) is 8.28. The van der Waals surface area contributed by atoms with Gasteiger partial charge in [0.1, 0.15) is 5.75 Å². The van der Waals surface area contributed by atoms with Crippen LogP contribution in [0, 0.1) is 0 Å². The second-order valence-corrected chi connectivity index (χ2v) is 4.33. The first-order valence-electron chi connectivity index (χ1n) is 6.93. The maximum atomic E-state index is 5.44. The molecule has 0 bridgehead atoms. The van der Waals surface area contributed by atoms with E-state index >= 15 is 0 Å². The topological polar surface area (TPSA) is 21.3 Å². The molecule has 0 amide bonds. The largest absolute Gasteiger partial charge is 0.494 e. The van der Waals surface area contributed by atoms with Crippen molar-refractivity contribution < 1.29 is 4.74 Å². The molecule has 0 aromatic heterocycles. The monoisotopic (exact) mass is 247 g/mol.